The fourth-order valence-electron chi connectivity index (χ4n) is 3.64. The summed E-state index contributed by atoms with van der Waals surface area (Å²) in [6.07, 6.45) is 6.40. The summed E-state index contributed by atoms with van der Waals surface area (Å²) in [5.41, 5.74) is 0.466. The molecule has 1 atom stereocenters. The highest BCUT2D eigenvalue weighted by atomic mass is 16.2. The van der Waals surface area contributed by atoms with Crippen molar-refractivity contribution in [2.45, 2.75) is 39.2 Å². The zero-order valence-corrected chi connectivity index (χ0v) is 15.1. The number of nitrogens with zero attached hydrogens (tertiary/aromatic N) is 4. The topological polar surface area (TPSA) is 70.5 Å². The number of piperidine rings is 1. The Morgan fingerprint density at radius 1 is 1.24 bits per heavy atom. The summed E-state index contributed by atoms with van der Waals surface area (Å²) in [5.74, 6) is -0.0965. The van der Waals surface area contributed by atoms with E-state index in [4.69, 9.17) is 0 Å². The van der Waals surface area contributed by atoms with E-state index in [2.05, 4.69) is 15.3 Å². The molecule has 3 rings (SSSR count). The Hall–Kier alpha value is -1.89. The standard InChI is InChI=1S/C18H29N5O2/c1-2-23-12-7-16(20-23)18(25)22-11-6-15(14-22)17(24)19-8-13-21-9-4-3-5-10-21/h7,12,15H,2-6,8-11,13-14H2,1H3,(H,19,24). The van der Waals surface area contributed by atoms with Crippen LogP contribution in [0.5, 0.6) is 0 Å². The van der Waals surface area contributed by atoms with Crippen molar-refractivity contribution in [1.29, 1.82) is 0 Å². The highest BCUT2D eigenvalue weighted by molar-refractivity contribution is 5.93. The average molecular weight is 347 g/mol. The molecule has 2 fully saturated rings. The predicted octanol–water partition coefficient (Wildman–Crippen LogP) is 0.967. The molecular formula is C18H29N5O2. The summed E-state index contributed by atoms with van der Waals surface area (Å²) >= 11 is 0. The van der Waals surface area contributed by atoms with Gasteiger partial charge in [0.25, 0.3) is 5.91 Å². The van der Waals surface area contributed by atoms with E-state index < -0.39 is 0 Å². The van der Waals surface area contributed by atoms with Gasteiger partial charge in [-0.25, -0.2) is 0 Å². The maximum absolute atomic E-state index is 12.5. The van der Waals surface area contributed by atoms with E-state index in [-0.39, 0.29) is 17.7 Å². The molecule has 1 aromatic heterocycles. The second-order valence-corrected chi connectivity index (χ2v) is 6.99. The smallest absolute Gasteiger partial charge is 0.274 e. The summed E-state index contributed by atoms with van der Waals surface area (Å²) in [6.45, 7) is 7.77. The SMILES string of the molecule is CCn1ccc(C(=O)N2CCC(C(=O)NCCN3CCCCC3)C2)n1. The number of amides is 2. The number of hydrogen-bond acceptors (Lipinski definition) is 4. The Morgan fingerprint density at radius 2 is 2.04 bits per heavy atom. The van der Waals surface area contributed by atoms with Gasteiger partial charge in [0, 0.05) is 38.9 Å². The van der Waals surface area contributed by atoms with Gasteiger partial charge in [-0.1, -0.05) is 6.42 Å². The fourth-order valence-corrected chi connectivity index (χ4v) is 3.64. The number of rotatable bonds is 6. The van der Waals surface area contributed by atoms with Crippen LogP contribution >= 0.6 is 0 Å². The van der Waals surface area contributed by atoms with Crippen LogP contribution in [-0.2, 0) is 11.3 Å². The zero-order chi connectivity index (χ0) is 17.6. The van der Waals surface area contributed by atoms with Crippen LogP contribution in [0.25, 0.3) is 0 Å². The zero-order valence-electron chi connectivity index (χ0n) is 15.1. The van der Waals surface area contributed by atoms with Gasteiger partial charge in [-0.05, 0) is 45.3 Å². The normalized spacial score (nSPS) is 21.5. The third-order valence-electron chi connectivity index (χ3n) is 5.21. The Kier molecular flexibility index (Phi) is 6.07. The molecule has 1 aromatic rings. The summed E-state index contributed by atoms with van der Waals surface area (Å²) in [6, 6.07) is 1.75. The Morgan fingerprint density at radius 3 is 2.76 bits per heavy atom. The van der Waals surface area contributed by atoms with Crippen molar-refractivity contribution in [1.82, 2.24) is 24.9 Å². The average Bonchev–Trinajstić information content (AvgIpc) is 3.31. The van der Waals surface area contributed by atoms with E-state index in [0.717, 1.165) is 32.6 Å². The van der Waals surface area contributed by atoms with Crippen molar-refractivity contribution in [3.8, 4) is 0 Å². The van der Waals surface area contributed by atoms with E-state index in [9.17, 15) is 9.59 Å². The number of aryl methyl sites for hydroxylation is 1. The van der Waals surface area contributed by atoms with Crippen LogP contribution in [0.2, 0.25) is 0 Å². The Balaban J connectivity index is 1.42. The Labute approximate surface area is 149 Å². The van der Waals surface area contributed by atoms with Crippen molar-refractivity contribution in [3.63, 3.8) is 0 Å². The number of likely N-dealkylation sites (tertiary alicyclic amines) is 2. The minimum Gasteiger partial charge on any atom is -0.355 e. The molecular weight excluding hydrogens is 318 g/mol. The number of carbonyl (C=O) groups is 2. The maximum atomic E-state index is 12.5. The van der Waals surface area contributed by atoms with Crippen LogP contribution in [0.15, 0.2) is 12.3 Å². The lowest BCUT2D eigenvalue weighted by molar-refractivity contribution is -0.124. The Bertz CT molecular complexity index is 594. The van der Waals surface area contributed by atoms with Gasteiger partial charge >= 0.3 is 0 Å². The molecule has 1 unspecified atom stereocenters. The largest absolute Gasteiger partial charge is 0.355 e. The highest BCUT2D eigenvalue weighted by Gasteiger charge is 2.32. The van der Waals surface area contributed by atoms with E-state index in [0.29, 0.717) is 25.3 Å². The van der Waals surface area contributed by atoms with Gasteiger partial charge in [-0.3, -0.25) is 14.3 Å². The molecule has 25 heavy (non-hydrogen) atoms. The lowest BCUT2D eigenvalue weighted by Crippen LogP contribution is -2.40. The highest BCUT2D eigenvalue weighted by Crippen LogP contribution is 2.18. The number of aromatic nitrogens is 2. The van der Waals surface area contributed by atoms with Crippen molar-refractivity contribution in [2.75, 3.05) is 39.3 Å². The number of hydrogen-bond donors (Lipinski definition) is 1. The van der Waals surface area contributed by atoms with Crippen LogP contribution in [0.1, 0.15) is 43.1 Å². The molecule has 2 aliphatic heterocycles. The lowest BCUT2D eigenvalue weighted by Gasteiger charge is -2.26. The first-order valence-corrected chi connectivity index (χ1v) is 9.50. The van der Waals surface area contributed by atoms with Gasteiger partial charge in [0.1, 0.15) is 5.69 Å². The van der Waals surface area contributed by atoms with Crippen LogP contribution in [0, 0.1) is 5.92 Å². The first-order chi connectivity index (χ1) is 12.2. The quantitative estimate of drug-likeness (QED) is 0.832. The van der Waals surface area contributed by atoms with E-state index >= 15 is 0 Å². The minimum absolute atomic E-state index is 0.0733. The van der Waals surface area contributed by atoms with Crippen LogP contribution < -0.4 is 5.32 Å². The van der Waals surface area contributed by atoms with Gasteiger partial charge < -0.3 is 15.1 Å². The second kappa shape index (κ2) is 8.47. The van der Waals surface area contributed by atoms with Crippen molar-refractivity contribution < 1.29 is 9.59 Å². The molecule has 138 valence electrons. The first-order valence-electron chi connectivity index (χ1n) is 9.50. The molecule has 7 nitrogen and oxygen atoms in total. The molecule has 1 N–H and O–H groups in total. The molecule has 7 heteroatoms. The molecule has 0 spiro atoms. The molecule has 0 bridgehead atoms. The van der Waals surface area contributed by atoms with E-state index in [1.54, 1.807) is 15.6 Å². The third kappa shape index (κ3) is 4.60. The molecule has 0 aliphatic carbocycles. The molecule has 3 heterocycles. The number of carbonyl (C=O) groups excluding carboxylic acids is 2. The van der Waals surface area contributed by atoms with E-state index in [1.807, 2.05) is 13.1 Å². The summed E-state index contributed by atoms with van der Waals surface area (Å²) in [5, 5.41) is 7.31. The molecule has 0 saturated carbocycles. The summed E-state index contributed by atoms with van der Waals surface area (Å²) in [4.78, 5) is 29.0. The summed E-state index contributed by atoms with van der Waals surface area (Å²) in [7, 11) is 0. The second-order valence-electron chi connectivity index (χ2n) is 6.99. The maximum Gasteiger partial charge on any atom is 0.274 e. The van der Waals surface area contributed by atoms with Gasteiger partial charge in [-0.2, -0.15) is 5.10 Å². The van der Waals surface area contributed by atoms with Crippen molar-refractivity contribution in [3.05, 3.63) is 18.0 Å². The lowest BCUT2D eigenvalue weighted by atomic mass is 10.1. The monoisotopic (exact) mass is 347 g/mol. The summed E-state index contributed by atoms with van der Waals surface area (Å²) < 4.78 is 1.74. The van der Waals surface area contributed by atoms with Gasteiger partial charge in [0.05, 0.1) is 5.92 Å². The minimum atomic E-state index is -0.0985. The predicted molar refractivity (Wildman–Crippen MR) is 95.2 cm³/mol. The van der Waals surface area contributed by atoms with E-state index in [1.165, 1.54) is 19.3 Å². The molecule has 0 radical (unpaired) electrons. The van der Waals surface area contributed by atoms with Crippen LogP contribution in [0.3, 0.4) is 0 Å². The third-order valence-corrected chi connectivity index (χ3v) is 5.21. The molecule has 0 aromatic carbocycles. The number of nitrogens with one attached hydrogen (secondary N) is 1. The van der Waals surface area contributed by atoms with Gasteiger partial charge in [0.2, 0.25) is 5.91 Å². The van der Waals surface area contributed by atoms with Gasteiger partial charge in [-0.15, -0.1) is 0 Å². The first kappa shape index (κ1) is 17.9. The van der Waals surface area contributed by atoms with Gasteiger partial charge in [0.15, 0.2) is 0 Å². The molecule has 2 amide bonds. The van der Waals surface area contributed by atoms with Crippen LogP contribution in [-0.4, -0.2) is 70.7 Å². The fraction of sp³-hybridized carbons (Fsp3) is 0.722. The van der Waals surface area contributed by atoms with Crippen molar-refractivity contribution >= 4 is 11.8 Å². The molecule has 2 aliphatic rings. The molecule has 2 saturated heterocycles. The van der Waals surface area contributed by atoms with Crippen molar-refractivity contribution in [2.24, 2.45) is 5.92 Å². The van der Waals surface area contributed by atoms with Crippen LogP contribution in [0.4, 0.5) is 0 Å².